The predicted octanol–water partition coefficient (Wildman–Crippen LogP) is 5.13. The van der Waals surface area contributed by atoms with Crippen LogP contribution in [0.2, 0.25) is 0 Å². The summed E-state index contributed by atoms with van der Waals surface area (Å²) in [7, 11) is 1.68. The summed E-state index contributed by atoms with van der Waals surface area (Å²) in [6.07, 6.45) is 0.566. The van der Waals surface area contributed by atoms with Crippen LogP contribution >= 0.6 is 0 Å². The molecule has 2 aromatic carbocycles. The van der Waals surface area contributed by atoms with Crippen molar-refractivity contribution >= 4 is 23.3 Å². The predicted molar refractivity (Wildman–Crippen MR) is 113 cm³/mol. The van der Waals surface area contributed by atoms with E-state index in [-0.39, 0.29) is 11.6 Å². The maximum Gasteiger partial charge on any atom is 0.351 e. The van der Waals surface area contributed by atoms with Gasteiger partial charge < -0.3 is 15.0 Å². The Morgan fingerprint density at radius 2 is 1.72 bits per heavy atom. The summed E-state index contributed by atoms with van der Waals surface area (Å²) in [5.41, 5.74) is 4.74. The van der Waals surface area contributed by atoms with E-state index >= 15 is 0 Å². The molecule has 1 aromatic heterocycles. The Kier molecular flexibility index (Phi) is 5.51. The number of carboxylic acids is 1. The van der Waals surface area contributed by atoms with Crippen LogP contribution < -0.4 is 5.32 Å². The van der Waals surface area contributed by atoms with E-state index in [0.29, 0.717) is 34.6 Å². The number of rotatable bonds is 5. The lowest BCUT2D eigenvalue weighted by Gasteiger charge is -2.11. The van der Waals surface area contributed by atoms with Gasteiger partial charge in [0.25, 0.3) is 0 Å². The molecule has 0 saturated heterocycles. The van der Waals surface area contributed by atoms with Gasteiger partial charge in [-0.2, -0.15) is 0 Å². The van der Waals surface area contributed by atoms with E-state index in [1.165, 1.54) is 6.92 Å². The fourth-order valence-electron chi connectivity index (χ4n) is 3.62. The lowest BCUT2D eigenvalue weighted by molar-refractivity contribution is -0.114. The molecule has 0 radical (unpaired) electrons. The highest BCUT2D eigenvalue weighted by Crippen LogP contribution is 2.40. The van der Waals surface area contributed by atoms with Gasteiger partial charge in [0.2, 0.25) is 11.6 Å². The van der Waals surface area contributed by atoms with E-state index in [9.17, 15) is 14.7 Å². The Morgan fingerprint density at radius 1 is 1.10 bits per heavy atom. The smallest absolute Gasteiger partial charge is 0.351 e. The molecule has 0 aliphatic heterocycles. The van der Waals surface area contributed by atoms with Crippen molar-refractivity contribution in [2.24, 2.45) is 7.05 Å². The highest BCUT2D eigenvalue weighted by atomic mass is 16.4. The van der Waals surface area contributed by atoms with E-state index in [0.717, 1.165) is 11.1 Å². The number of hydrogen-bond donors (Lipinski definition) is 2. The Morgan fingerprint density at radius 3 is 2.28 bits per heavy atom. The standard InChI is InChI=1S/C23H21N3O3/c1-5-19-21(24-3)20(22(23(28)29)26(19)4)16-12-10-15(11-13-16)17-8-6-7-9-18(17)25-14(2)27/h6-13H,5H2,1-2,4H3,(H,25,27)(H,28,29). The lowest BCUT2D eigenvalue weighted by Crippen LogP contribution is -2.07. The van der Waals surface area contributed by atoms with E-state index < -0.39 is 5.97 Å². The van der Waals surface area contributed by atoms with Gasteiger partial charge in [0.15, 0.2) is 0 Å². The summed E-state index contributed by atoms with van der Waals surface area (Å²) >= 11 is 0. The molecule has 1 amide bonds. The summed E-state index contributed by atoms with van der Waals surface area (Å²) in [6, 6.07) is 14.8. The first kappa shape index (κ1) is 19.9. The van der Waals surface area contributed by atoms with Gasteiger partial charge in [-0.15, -0.1) is 0 Å². The molecule has 0 aliphatic carbocycles. The Bertz CT molecular complexity index is 1140. The quantitative estimate of drug-likeness (QED) is 0.596. The SMILES string of the molecule is [C-]#[N+]c1c(-c2ccc(-c3ccccc3NC(C)=O)cc2)c(C(=O)O)n(C)c1CC. The largest absolute Gasteiger partial charge is 0.477 e. The normalized spacial score (nSPS) is 10.4. The molecule has 3 aromatic rings. The topological polar surface area (TPSA) is 75.7 Å². The van der Waals surface area contributed by atoms with Crippen LogP contribution in [-0.4, -0.2) is 21.6 Å². The van der Waals surface area contributed by atoms with Crippen LogP contribution in [0.3, 0.4) is 0 Å². The molecule has 6 heteroatoms. The third-order valence-corrected chi connectivity index (χ3v) is 4.86. The summed E-state index contributed by atoms with van der Waals surface area (Å²) in [5.74, 6) is -1.22. The van der Waals surface area contributed by atoms with Crippen molar-refractivity contribution in [1.82, 2.24) is 4.57 Å². The second kappa shape index (κ2) is 8.03. The second-order valence-corrected chi connectivity index (χ2v) is 6.65. The average Bonchev–Trinajstić information content (AvgIpc) is 2.99. The fraction of sp³-hybridized carbons (Fsp3) is 0.174. The summed E-state index contributed by atoms with van der Waals surface area (Å²) in [6.45, 7) is 10.9. The zero-order valence-corrected chi connectivity index (χ0v) is 16.5. The van der Waals surface area contributed by atoms with Crippen molar-refractivity contribution in [1.29, 1.82) is 0 Å². The van der Waals surface area contributed by atoms with Gasteiger partial charge in [-0.05, 0) is 23.6 Å². The van der Waals surface area contributed by atoms with Crippen molar-refractivity contribution in [3.63, 3.8) is 0 Å². The van der Waals surface area contributed by atoms with Gasteiger partial charge in [0, 0.05) is 36.5 Å². The number of nitrogens with one attached hydrogen (secondary N) is 1. The van der Waals surface area contributed by atoms with Crippen LogP contribution in [0, 0.1) is 6.57 Å². The Hall–Kier alpha value is -3.85. The summed E-state index contributed by atoms with van der Waals surface area (Å²) < 4.78 is 1.59. The molecule has 0 unspecified atom stereocenters. The van der Waals surface area contributed by atoms with E-state index in [1.807, 2.05) is 55.5 Å². The molecule has 0 atom stereocenters. The third kappa shape index (κ3) is 3.63. The minimum Gasteiger partial charge on any atom is -0.477 e. The van der Waals surface area contributed by atoms with Crippen molar-refractivity contribution in [2.75, 3.05) is 5.32 Å². The zero-order valence-electron chi connectivity index (χ0n) is 16.5. The summed E-state index contributed by atoms with van der Waals surface area (Å²) in [4.78, 5) is 27.0. The highest BCUT2D eigenvalue weighted by molar-refractivity contribution is 6.01. The first-order chi connectivity index (χ1) is 13.9. The molecule has 1 heterocycles. The minimum atomic E-state index is -1.06. The number of anilines is 1. The van der Waals surface area contributed by atoms with Gasteiger partial charge >= 0.3 is 5.97 Å². The number of hydrogen-bond acceptors (Lipinski definition) is 2. The molecule has 29 heavy (non-hydrogen) atoms. The maximum atomic E-state index is 11.9. The molecule has 0 aliphatic rings. The third-order valence-electron chi connectivity index (χ3n) is 4.86. The molecule has 3 rings (SSSR count). The molecular formula is C23H21N3O3. The zero-order chi connectivity index (χ0) is 21.1. The molecular weight excluding hydrogens is 366 g/mol. The van der Waals surface area contributed by atoms with Crippen LogP contribution in [-0.2, 0) is 18.3 Å². The fourth-order valence-corrected chi connectivity index (χ4v) is 3.62. The minimum absolute atomic E-state index is 0.110. The lowest BCUT2D eigenvalue weighted by atomic mass is 9.98. The average molecular weight is 387 g/mol. The number of aromatic nitrogens is 1. The highest BCUT2D eigenvalue weighted by Gasteiger charge is 2.25. The van der Waals surface area contributed by atoms with Crippen molar-refractivity contribution in [2.45, 2.75) is 20.3 Å². The van der Waals surface area contributed by atoms with E-state index in [2.05, 4.69) is 10.2 Å². The van der Waals surface area contributed by atoms with Gasteiger partial charge in [-0.1, -0.05) is 49.4 Å². The monoisotopic (exact) mass is 387 g/mol. The van der Waals surface area contributed by atoms with Gasteiger partial charge in [-0.3, -0.25) is 4.79 Å². The van der Waals surface area contributed by atoms with Crippen molar-refractivity contribution in [3.8, 4) is 22.3 Å². The van der Waals surface area contributed by atoms with Crippen LogP contribution in [0.15, 0.2) is 48.5 Å². The van der Waals surface area contributed by atoms with Crippen LogP contribution in [0.4, 0.5) is 11.4 Å². The Balaban J connectivity index is 2.13. The van der Waals surface area contributed by atoms with Gasteiger partial charge in [0.05, 0.1) is 6.57 Å². The van der Waals surface area contributed by atoms with Crippen LogP contribution in [0.25, 0.3) is 27.1 Å². The Labute approximate surface area is 169 Å². The first-order valence-electron chi connectivity index (χ1n) is 9.18. The molecule has 0 fully saturated rings. The van der Waals surface area contributed by atoms with E-state index in [4.69, 9.17) is 6.57 Å². The number of para-hydroxylation sites is 1. The van der Waals surface area contributed by atoms with E-state index in [1.54, 1.807) is 11.6 Å². The molecule has 2 N–H and O–H groups in total. The van der Waals surface area contributed by atoms with Crippen molar-refractivity contribution < 1.29 is 14.7 Å². The number of nitrogens with zero attached hydrogens (tertiary/aromatic N) is 2. The maximum absolute atomic E-state index is 11.9. The second-order valence-electron chi connectivity index (χ2n) is 6.65. The first-order valence-corrected chi connectivity index (χ1v) is 9.18. The number of carboxylic acid groups (broad SMARTS) is 1. The van der Waals surface area contributed by atoms with Crippen LogP contribution in [0.1, 0.15) is 30.0 Å². The number of aromatic carboxylic acids is 1. The molecule has 146 valence electrons. The number of benzene rings is 2. The molecule has 0 spiro atoms. The summed E-state index contributed by atoms with van der Waals surface area (Å²) in [5, 5.41) is 12.5. The molecule has 0 saturated carbocycles. The number of amides is 1. The number of carbonyl (C=O) groups is 2. The molecule has 6 nitrogen and oxygen atoms in total. The molecule has 0 bridgehead atoms. The number of carbonyl (C=O) groups excluding carboxylic acids is 1. The van der Waals surface area contributed by atoms with Gasteiger partial charge in [0.1, 0.15) is 5.69 Å². The van der Waals surface area contributed by atoms with Gasteiger partial charge in [-0.25, -0.2) is 9.64 Å². The van der Waals surface area contributed by atoms with Crippen molar-refractivity contribution in [3.05, 3.63) is 71.3 Å². The van der Waals surface area contributed by atoms with Crippen LogP contribution in [0.5, 0.6) is 0 Å².